The molecule has 1 aromatic carbocycles. The molecule has 0 spiro atoms. The number of benzene rings is 1. The van der Waals surface area contributed by atoms with Gasteiger partial charge in [-0.15, -0.1) is 6.58 Å². The number of halogens is 1. The zero-order chi connectivity index (χ0) is 11.3. The summed E-state index contributed by atoms with van der Waals surface area (Å²) in [7, 11) is 0. The number of hydrogen-bond donors (Lipinski definition) is 2. The second-order valence-corrected chi connectivity index (χ2v) is 3.52. The van der Waals surface area contributed by atoms with Crippen molar-refractivity contribution in [2.24, 2.45) is 0 Å². The normalized spacial score (nSPS) is 9.47. The van der Waals surface area contributed by atoms with Crippen molar-refractivity contribution in [2.45, 2.75) is 6.92 Å². The van der Waals surface area contributed by atoms with Gasteiger partial charge in [-0.05, 0) is 30.7 Å². The van der Waals surface area contributed by atoms with E-state index in [0.29, 0.717) is 11.6 Å². The highest BCUT2D eigenvalue weighted by Gasteiger charge is 2.02. The number of amides is 2. The van der Waals surface area contributed by atoms with Crippen LogP contribution < -0.4 is 10.6 Å². The molecular formula is C11H13ClN2O. The third-order valence-corrected chi connectivity index (χ3v) is 2.08. The molecule has 0 saturated heterocycles. The zero-order valence-electron chi connectivity index (χ0n) is 8.51. The lowest BCUT2D eigenvalue weighted by molar-refractivity contribution is 0.253. The Morgan fingerprint density at radius 1 is 1.60 bits per heavy atom. The highest BCUT2D eigenvalue weighted by molar-refractivity contribution is 6.30. The van der Waals surface area contributed by atoms with Gasteiger partial charge in [0.25, 0.3) is 0 Å². The molecule has 2 amide bonds. The number of carbonyl (C=O) groups is 1. The first-order valence-corrected chi connectivity index (χ1v) is 4.93. The lowest BCUT2D eigenvalue weighted by Crippen LogP contribution is -2.28. The Balaban J connectivity index is 2.64. The third-order valence-electron chi connectivity index (χ3n) is 1.84. The van der Waals surface area contributed by atoms with E-state index in [4.69, 9.17) is 11.6 Å². The van der Waals surface area contributed by atoms with Crippen LogP contribution in [0, 0.1) is 6.92 Å². The van der Waals surface area contributed by atoms with E-state index in [0.717, 1.165) is 11.3 Å². The second kappa shape index (κ2) is 5.41. The van der Waals surface area contributed by atoms with Gasteiger partial charge in [0, 0.05) is 17.3 Å². The fourth-order valence-corrected chi connectivity index (χ4v) is 1.33. The Labute approximate surface area is 94.1 Å². The minimum atomic E-state index is -0.250. The van der Waals surface area contributed by atoms with E-state index in [2.05, 4.69) is 17.2 Å². The molecule has 15 heavy (non-hydrogen) atoms. The van der Waals surface area contributed by atoms with Gasteiger partial charge in [0.1, 0.15) is 0 Å². The van der Waals surface area contributed by atoms with Crippen LogP contribution in [0.4, 0.5) is 10.5 Å². The van der Waals surface area contributed by atoms with Crippen LogP contribution in [-0.2, 0) is 0 Å². The third kappa shape index (κ3) is 3.64. The van der Waals surface area contributed by atoms with Crippen molar-refractivity contribution in [2.75, 3.05) is 11.9 Å². The first kappa shape index (κ1) is 11.6. The number of hydrogen-bond acceptors (Lipinski definition) is 1. The number of rotatable bonds is 3. The number of anilines is 1. The molecule has 0 aliphatic carbocycles. The first-order chi connectivity index (χ1) is 7.13. The van der Waals surface area contributed by atoms with Crippen LogP contribution in [-0.4, -0.2) is 12.6 Å². The van der Waals surface area contributed by atoms with Crippen LogP contribution in [0.2, 0.25) is 5.02 Å². The predicted molar refractivity (Wildman–Crippen MR) is 63.4 cm³/mol. The minimum Gasteiger partial charge on any atom is -0.334 e. The van der Waals surface area contributed by atoms with Gasteiger partial charge < -0.3 is 10.6 Å². The predicted octanol–water partition coefficient (Wildman–Crippen LogP) is 2.96. The molecule has 0 bridgehead atoms. The van der Waals surface area contributed by atoms with E-state index in [9.17, 15) is 4.79 Å². The van der Waals surface area contributed by atoms with Crippen molar-refractivity contribution in [3.63, 3.8) is 0 Å². The van der Waals surface area contributed by atoms with Gasteiger partial charge in [-0.25, -0.2) is 4.79 Å². The van der Waals surface area contributed by atoms with Crippen LogP contribution in [0.5, 0.6) is 0 Å². The average molecular weight is 225 g/mol. The first-order valence-electron chi connectivity index (χ1n) is 4.55. The second-order valence-electron chi connectivity index (χ2n) is 3.08. The zero-order valence-corrected chi connectivity index (χ0v) is 9.27. The van der Waals surface area contributed by atoms with Crippen LogP contribution in [0.3, 0.4) is 0 Å². The number of urea groups is 1. The molecule has 0 aliphatic heterocycles. The maximum Gasteiger partial charge on any atom is 0.319 e. The molecule has 1 aromatic rings. The smallest absolute Gasteiger partial charge is 0.319 e. The Morgan fingerprint density at radius 2 is 2.33 bits per heavy atom. The molecule has 2 N–H and O–H groups in total. The van der Waals surface area contributed by atoms with Crippen molar-refractivity contribution >= 4 is 23.3 Å². The molecule has 3 nitrogen and oxygen atoms in total. The van der Waals surface area contributed by atoms with Gasteiger partial charge >= 0.3 is 6.03 Å². The highest BCUT2D eigenvalue weighted by Crippen LogP contribution is 2.19. The molecule has 0 radical (unpaired) electrons. The Hall–Kier alpha value is -1.48. The van der Waals surface area contributed by atoms with E-state index in [-0.39, 0.29) is 6.03 Å². The van der Waals surface area contributed by atoms with Gasteiger partial charge in [-0.3, -0.25) is 0 Å². The van der Waals surface area contributed by atoms with Gasteiger partial charge in [0.15, 0.2) is 0 Å². The maximum absolute atomic E-state index is 11.3. The molecule has 0 heterocycles. The van der Waals surface area contributed by atoms with E-state index < -0.39 is 0 Å². The molecule has 0 fully saturated rings. The molecular weight excluding hydrogens is 212 g/mol. The Bertz CT molecular complexity index is 377. The Morgan fingerprint density at radius 3 is 2.93 bits per heavy atom. The minimum absolute atomic E-state index is 0.250. The van der Waals surface area contributed by atoms with Crippen LogP contribution >= 0.6 is 11.6 Å². The monoisotopic (exact) mass is 224 g/mol. The lowest BCUT2D eigenvalue weighted by atomic mass is 10.2. The quantitative estimate of drug-likeness (QED) is 0.762. The van der Waals surface area contributed by atoms with Crippen molar-refractivity contribution in [3.05, 3.63) is 41.4 Å². The van der Waals surface area contributed by atoms with Crippen molar-refractivity contribution in [1.82, 2.24) is 5.32 Å². The standard InChI is InChI=1S/C11H13ClN2O/c1-3-6-13-11(15)14-10-5-4-9(12)7-8(10)2/h3-5,7H,1,6H2,2H3,(H2,13,14,15). The van der Waals surface area contributed by atoms with E-state index in [1.165, 1.54) is 0 Å². The summed E-state index contributed by atoms with van der Waals surface area (Å²) < 4.78 is 0. The molecule has 0 unspecified atom stereocenters. The molecule has 0 aliphatic rings. The Kier molecular flexibility index (Phi) is 4.18. The molecule has 0 aromatic heterocycles. The van der Waals surface area contributed by atoms with Gasteiger partial charge in [-0.2, -0.15) is 0 Å². The van der Waals surface area contributed by atoms with Gasteiger partial charge in [-0.1, -0.05) is 17.7 Å². The molecule has 0 saturated carbocycles. The SMILES string of the molecule is C=CCNC(=O)Nc1ccc(Cl)cc1C. The summed E-state index contributed by atoms with van der Waals surface area (Å²) in [6, 6.07) is 5.05. The van der Waals surface area contributed by atoms with Crippen LogP contribution in [0.25, 0.3) is 0 Å². The fourth-order valence-electron chi connectivity index (χ4n) is 1.10. The summed E-state index contributed by atoms with van der Waals surface area (Å²) in [5.74, 6) is 0. The van der Waals surface area contributed by atoms with Crippen LogP contribution in [0.1, 0.15) is 5.56 Å². The summed E-state index contributed by atoms with van der Waals surface area (Å²) in [6.07, 6.45) is 1.62. The summed E-state index contributed by atoms with van der Waals surface area (Å²) in [4.78, 5) is 11.3. The van der Waals surface area contributed by atoms with Crippen molar-refractivity contribution in [3.8, 4) is 0 Å². The summed E-state index contributed by atoms with van der Waals surface area (Å²) in [5, 5.41) is 5.99. The van der Waals surface area contributed by atoms with Crippen LogP contribution in [0.15, 0.2) is 30.9 Å². The fraction of sp³-hybridized carbons (Fsp3) is 0.182. The number of nitrogens with one attached hydrogen (secondary N) is 2. The van der Waals surface area contributed by atoms with Gasteiger partial charge in [0.2, 0.25) is 0 Å². The average Bonchev–Trinajstić information content (AvgIpc) is 2.19. The largest absolute Gasteiger partial charge is 0.334 e. The van der Waals surface area contributed by atoms with E-state index >= 15 is 0 Å². The number of aryl methyl sites for hydroxylation is 1. The summed E-state index contributed by atoms with van der Waals surface area (Å²) in [5.41, 5.74) is 1.68. The summed E-state index contributed by atoms with van der Waals surface area (Å²) in [6.45, 7) is 5.84. The topological polar surface area (TPSA) is 41.1 Å². The number of carbonyl (C=O) groups excluding carboxylic acids is 1. The van der Waals surface area contributed by atoms with Gasteiger partial charge in [0.05, 0.1) is 0 Å². The summed E-state index contributed by atoms with van der Waals surface area (Å²) >= 11 is 5.80. The maximum atomic E-state index is 11.3. The molecule has 4 heteroatoms. The van der Waals surface area contributed by atoms with E-state index in [1.807, 2.05) is 6.92 Å². The highest BCUT2D eigenvalue weighted by atomic mass is 35.5. The lowest BCUT2D eigenvalue weighted by Gasteiger charge is -2.08. The van der Waals surface area contributed by atoms with Crippen molar-refractivity contribution < 1.29 is 4.79 Å². The molecule has 0 atom stereocenters. The molecule has 1 rings (SSSR count). The molecule has 80 valence electrons. The van der Waals surface area contributed by atoms with Crippen molar-refractivity contribution in [1.29, 1.82) is 0 Å². The van der Waals surface area contributed by atoms with E-state index in [1.54, 1.807) is 24.3 Å².